The fourth-order valence-corrected chi connectivity index (χ4v) is 3.60. The fourth-order valence-electron chi connectivity index (χ4n) is 3.60. The van der Waals surface area contributed by atoms with E-state index in [2.05, 4.69) is 52.5 Å². The van der Waals surface area contributed by atoms with Gasteiger partial charge in [0.2, 0.25) is 0 Å². The molecule has 0 aliphatic heterocycles. The number of benzene rings is 2. The van der Waals surface area contributed by atoms with Crippen molar-refractivity contribution in [1.29, 1.82) is 0 Å². The molecule has 7 heteroatoms. The van der Waals surface area contributed by atoms with Crippen molar-refractivity contribution < 1.29 is 14.3 Å². The van der Waals surface area contributed by atoms with Gasteiger partial charge in [-0.1, -0.05) is 6.07 Å². The van der Waals surface area contributed by atoms with Crippen LogP contribution in [0.4, 0.5) is 5.69 Å². The molecule has 1 aromatic heterocycles. The largest absolute Gasteiger partial charge is 0.494 e. The maximum atomic E-state index is 12.1. The number of anilines is 1. The standard InChI is InChI=1S/C25H28N4O3/c1-6-32-23-9-7-21(8-10-23)27-24(30)25(31)28-26-15-20-14-18(4)29(19(20)5)22-12-16(2)11-17(3)13-22/h7-15H,6H2,1-5H3,(H,27,30)(H,28,31)/b26-15-. The third-order valence-corrected chi connectivity index (χ3v) is 4.93. The van der Waals surface area contributed by atoms with Crippen molar-refractivity contribution in [3.8, 4) is 11.4 Å². The number of amides is 2. The lowest BCUT2D eigenvalue weighted by molar-refractivity contribution is -0.136. The number of carbonyl (C=O) groups is 2. The van der Waals surface area contributed by atoms with Gasteiger partial charge in [0.15, 0.2) is 0 Å². The van der Waals surface area contributed by atoms with Crippen LogP contribution in [0.1, 0.15) is 35.0 Å². The van der Waals surface area contributed by atoms with Crippen LogP contribution in [0.5, 0.6) is 5.75 Å². The second-order valence-electron chi connectivity index (χ2n) is 7.62. The first-order valence-electron chi connectivity index (χ1n) is 10.4. The van der Waals surface area contributed by atoms with Gasteiger partial charge in [-0.15, -0.1) is 0 Å². The van der Waals surface area contributed by atoms with Gasteiger partial charge in [0.05, 0.1) is 12.8 Å². The predicted molar refractivity (Wildman–Crippen MR) is 127 cm³/mol. The monoisotopic (exact) mass is 432 g/mol. The summed E-state index contributed by atoms with van der Waals surface area (Å²) in [5.41, 5.74) is 9.13. The molecule has 32 heavy (non-hydrogen) atoms. The molecule has 0 radical (unpaired) electrons. The molecular weight excluding hydrogens is 404 g/mol. The van der Waals surface area contributed by atoms with E-state index in [-0.39, 0.29) is 0 Å². The molecular formula is C25H28N4O3. The van der Waals surface area contributed by atoms with E-state index >= 15 is 0 Å². The average molecular weight is 433 g/mol. The minimum atomic E-state index is -0.849. The Hall–Kier alpha value is -3.87. The first-order chi connectivity index (χ1) is 15.3. The topological polar surface area (TPSA) is 84.7 Å². The van der Waals surface area contributed by atoms with Gasteiger partial charge < -0.3 is 14.6 Å². The van der Waals surface area contributed by atoms with Gasteiger partial charge >= 0.3 is 11.8 Å². The maximum Gasteiger partial charge on any atom is 0.329 e. The third kappa shape index (κ3) is 5.43. The molecule has 0 aliphatic carbocycles. The normalized spacial score (nSPS) is 10.9. The van der Waals surface area contributed by atoms with E-state index in [0.29, 0.717) is 18.0 Å². The lowest BCUT2D eigenvalue weighted by atomic mass is 10.1. The van der Waals surface area contributed by atoms with E-state index in [1.807, 2.05) is 26.8 Å². The summed E-state index contributed by atoms with van der Waals surface area (Å²) in [4.78, 5) is 24.2. The highest BCUT2D eigenvalue weighted by Gasteiger charge is 2.14. The molecule has 2 N–H and O–H groups in total. The van der Waals surface area contributed by atoms with Crippen LogP contribution in [0.25, 0.3) is 5.69 Å². The Morgan fingerprint density at radius 2 is 1.62 bits per heavy atom. The van der Waals surface area contributed by atoms with Gasteiger partial charge in [0.1, 0.15) is 5.75 Å². The first-order valence-corrected chi connectivity index (χ1v) is 10.4. The van der Waals surface area contributed by atoms with Crippen molar-refractivity contribution in [2.24, 2.45) is 5.10 Å². The number of nitrogens with one attached hydrogen (secondary N) is 2. The average Bonchev–Trinajstić information content (AvgIpc) is 3.02. The highest BCUT2D eigenvalue weighted by Crippen LogP contribution is 2.22. The van der Waals surface area contributed by atoms with E-state index in [1.165, 1.54) is 11.1 Å². The number of hydrogen-bond acceptors (Lipinski definition) is 4. The van der Waals surface area contributed by atoms with Gasteiger partial charge in [0, 0.05) is 28.3 Å². The van der Waals surface area contributed by atoms with E-state index in [0.717, 1.165) is 22.6 Å². The quantitative estimate of drug-likeness (QED) is 0.348. The van der Waals surface area contributed by atoms with Gasteiger partial charge in [-0.3, -0.25) is 9.59 Å². The van der Waals surface area contributed by atoms with Crippen LogP contribution in [0, 0.1) is 27.7 Å². The second kappa shape index (κ2) is 9.96. The zero-order valence-corrected chi connectivity index (χ0v) is 19.0. The molecule has 3 aromatic rings. The summed E-state index contributed by atoms with van der Waals surface area (Å²) in [7, 11) is 0. The Balaban J connectivity index is 1.65. The van der Waals surface area contributed by atoms with Crippen molar-refractivity contribution in [2.75, 3.05) is 11.9 Å². The molecule has 0 fully saturated rings. The van der Waals surface area contributed by atoms with Crippen LogP contribution in [0.3, 0.4) is 0 Å². The van der Waals surface area contributed by atoms with Gasteiger partial charge in [-0.25, -0.2) is 5.43 Å². The molecule has 0 saturated heterocycles. The summed E-state index contributed by atoms with van der Waals surface area (Å²) in [6, 6.07) is 15.2. The number of hydrogen-bond donors (Lipinski definition) is 2. The number of nitrogens with zero attached hydrogens (tertiary/aromatic N) is 2. The van der Waals surface area contributed by atoms with Crippen molar-refractivity contribution in [2.45, 2.75) is 34.6 Å². The molecule has 0 unspecified atom stereocenters. The van der Waals surface area contributed by atoms with E-state index < -0.39 is 11.8 Å². The molecule has 0 spiro atoms. The fraction of sp³-hybridized carbons (Fsp3) is 0.240. The van der Waals surface area contributed by atoms with Gasteiger partial charge in [0.25, 0.3) is 0 Å². The Bertz CT molecular complexity index is 1140. The molecule has 166 valence electrons. The van der Waals surface area contributed by atoms with Crippen molar-refractivity contribution in [1.82, 2.24) is 9.99 Å². The van der Waals surface area contributed by atoms with E-state index in [9.17, 15) is 9.59 Å². The SMILES string of the molecule is CCOc1ccc(NC(=O)C(=O)N/N=C\c2cc(C)n(-c3cc(C)cc(C)c3)c2C)cc1. The Morgan fingerprint density at radius 3 is 2.25 bits per heavy atom. The van der Waals surface area contributed by atoms with Crippen LogP contribution < -0.4 is 15.5 Å². The maximum absolute atomic E-state index is 12.1. The minimum Gasteiger partial charge on any atom is -0.494 e. The highest BCUT2D eigenvalue weighted by atomic mass is 16.5. The van der Waals surface area contributed by atoms with Crippen molar-refractivity contribution in [3.05, 3.63) is 76.6 Å². The molecule has 2 amide bonds. The van der Waals surface area contributed by atoms with E-state index in [4.69, 9.17) is 4.74 Å². The summed E-state index contributed by atoms with van der Waals surface area (Å²) in [6.07, 6.45) is 1.55. The zero-order valence-electron chi connectivity index (χ0n) is 19.0. The van der Waals surface area contributed by atoms with Crippen molar-refractivity contribution >= 4 is 23.7 Å². The lowest BCUT2D eigenvalue weighted by Crippen LogP contribution is -2.32. The third-order valence-electron chi connectivity index (χ3n) is 4.93. The number of aromatic nitrogens is 1. The molecule has 0 aliphatic rings. The zero-order chi connectivity index (χ0) is 23.3. The molecule has 0 saturated carbocycles. The second-order valence-corrected chi connectivity index (χ2v) is 7.62. The summed E-state index contributed by atoms with van der Waals surface area (Å²) in [5, 5.41) is 6.50. The first kappa shape index (κ1) is 22.8. The van der Waals surface area contributed by atoms with Crippen LogP contribution >= 0.6 is 0 Å². The molecule has 3 rings (SSSR count). The highest BCUT2D eigenvalue weighted by molar-refractivity contribution is 6.39. The van der Waals surface area contributed by atoms with Crippen molar-refractivity contribution in [3.63, 3.8) is 0 Å². The van der Waals surface area contributed by atoms with E-state index in [1.54, 1.807) is 30.5 Å². The Kier molecular flexibility index (Phi) is 7.10. The van der Waals surface area contributed by atoms with Crippen LogP contribution in [0.15, 0.2) is 53.6 Å². The number of ether oxygens (including phenoxy) is 1. The Morgan fingerprint density at radius 1 is 0.969 bits per heavy atom. The molecule has 0 bridgehead atoms. The lowest BCUT2D eigenvalue weighted by Gasteiger charge is -2.11. The van der Waals surface area contributed by atoms with Crippen LogP contribution in [0.2, 0.25) is 0 Å². The summed E-state index contributed by atoms with van der Waals surface area (Å²) in [6.45, 7) is 10.6. The summed E-state index contributed by atoms with van der Waals surface area (Å²) >= 11 is 0. The smallest absolute Gasteiger partial charge is 0.329 e. The number of hydrazone groups is 1. The molecule has 7 nitrogen and oxygen atoms in total. The van der Waals surface area contributed by atoms with Gasteiger partial charge in [-0.05, 0) is 88.2 Å². The predicted octanol–water partition coefficient (Wildman–Crippen LogP) is 4.20. The van der Waals surface area contributed by atoms with Crippen LogP contribution in [-0.2, 0) is 9.59 Å². The summed E-state index contributed by atoms with van der Waals surface area (Å²) < 4.78 is 7.50. The number of rotatable bonds is 6. The molecule has 2 aromatic carbocycles. The minimum absolute atomic E-state index is 0.495. The molecule has 1 heterocycles. The summed E-state index contributed by atoms with van der Waals surface area (Å²) in [5.74, 6) is -0.955. The van der Waals surface area contributed by atoms with Crippen LogP contribution in [-0.4, -0.2) is 29.2 Å². The number of carbonyl (C=O) groups excluding carboxylic acids is 2. The van der Waals surface area contributed by atoms with Gasteiger partial charge in [-0.2, -0.15) is 5.10 Å². The Labute approximate surface area is 188 Å². The molecule has 0 atom stereocenters. The number of aryl methyl sites for hydroxylation is 3.